The van der Waals surface area contributed by atoms with E-state index in [1.54, 1.807) is 0 Å². The fraction of sp³-hybridized carbons (Fsp3) is 0.433. The van der Waals surface area contributed by atoms with Crippen molar-refractivity contribution in [2.75, 3.05) is 6.54 Å². The van der Waals surface area contributed by atoms with E-state index in [-0.39, 0.29) is 24.3 Å². The van der Waals surface area contributed by atoms with Gasteiger partial charge in [-0.2, -0.15) is 0 Å². The highest BCUT2D eigenvalue weighted by molar-refractivity contribution is 5.79. The van der Waals surface area contributed by atoms with Gasteiger partial charge in [0, 0.05) is 23.6 Å². The van der Waals surface area contributed by atoms with Crippen LogP contribution in [-0.4, -0.2) is 47.0 Å². The Labute approximate surface area is 221 Å². The molecule has 0 aliphatic carbocycles. The molecule has 1 N–H and O–H groups in total. The first kappa shape index (κ1) is 31.6. The van der Waals surface area contributed by atoms with E-state index in [9.17, 15) is 14.4 Å². The molecule has 0 saturated carbocycles. The van der Waals surface area contributed by atoms with Gasteiger partial charge >= 0.3 is 11.9 Å². The molecule has 2 rings (SSSR count). The minimum absolute atomic E-state index is 0.138. The van der Waals surface area contributed by atoms with Crippen molar-refractivity contribution in [2.24, 2.45) is 5.92 Å². The van der Waals surface area contributed by atoms with E-state index >= 15 is 0 Å². The number of aliphatic carboxylic acids is 1. The summed E-state index contributed by atoms with van der Waals surface area (Å²) in [5, 5.41) is 7.86. The summed E-state index contributed by atoms with van der Waals surface area (Å²) in [5.41, 5.74) is 3.53. The van der Waals surface area contributed by atoms with Crippen LogP contribution in [0.5, 0.6) is 5.75 Å². The third-order valence-corrected chi connectivity index (χ3v) is 5.77. The Kier molecular flexibility index (Phi) is 13.9. The van der Waals surface area contributed by atoms with Crippen LogP contribution in [0.4, 0.5) is 0 Å². The van der Waals surface area contributed by atoms with Crippen molar-refractivity contribution in [1.82, 2.24) is 4.90 Å². The van der Waals surface area contributed by atoms with Crippen LogP contribution in [0.3, 0.4) is 0 Å². The molecule has 0 aliphatic rings. The second-order valence-corrected chi connectivity index (χ2v) is 9.67. The lowest BCUT2D eigenvalue weighted by molar-refractivity contribution is -0.138. The summed E-state index contributed by atoms with van der Waals surface area (Å²) >= 11 is 0. The number of carbonyl (C=O) groups is 3. The lowest BCUT2D eigenvalue weighted by Gasteiger charge is -2.32. The summed E-state index contributed by atoms with van der Waals surface area (Å²) in [6, 6.07) is 17.7. The first-order valence-corrected chi connectivity index (χ1v) is 12.6. The monoisotopic (exact) mass is 511 g/mol. The van der Waals surface area contributed by atoms with Gasteiger partial charge in [-0.15, -0.1) is 0 Å². The number of aryl methyl sites for hydroxylation is 1. The van der Waals surface area contributed by atoms with Crippen molar-refractivity contribution in [1.29, 1.82) is 0 Å². The lowest BCUT2D eigenvalue weighted by atomic mass is 9.86. The molecule has 0 unspecified atom stereocenters. The van der Waals surface area contributed by atoms with Crippen LogP contribution in [0.15, 0.2) is 60.9 Å². The first-order valence-electron chi connectivity index (χ1n) is 12.6. The summed E-state index contributed by atoms with van der Waals surface area (Å²) in [6.07, 6.45) is 2.47. The van der Waals surface area contributed by atoms with Crippen molar-refractivity contribution >= 4 is 18.4 Å². The summed E-state index contributed by atoms with van der Waals surface area (Å²) in [6.45, 7) is 16.0. The molecule has 2 aromatic rings. The Morgan fingerprint density at radius 2 is 1.59 bits per heavy atom. The van der Waals surface area contributed by atoms with Gasteiger partial charge in [0.2, 0.25) is 0 Å². The van der Waals surface area contributed by atoms with E-state index in [0.29, 0.717) is 23.9 Å². The lowest BCUT2D eigenvalue weighted by Crippen LogP contribution is -2.38. The smallest absolute Gasteiger partial charge is 0.331 e. The number of hydrogen-bond acceptors (Lipinski definition) is 6. The number of nitrogens with zero attached hydrogens (tertiary/aromatic N) is 1. The molecule has 2 aromatic carbocycles. The topological polar surface area (TPSA) is 93.1 Å². The average Bonchev–Trinajstić information content (AvgIpc) is 2.83. The van der Waals surface area contributed by atoms with Crippen molar-refractivity contribution < 1.29 is 29.0 Å². The molecule has 0 bridgehead atoms. The highest BCUT2D eigenvalue weighted by Crippen LogP contribution is 2.36. The van der Waals surface area contributed by atoms with E-state index < -0.39 is 5.97 Å². The van der Waals surface area contributed by atoms with Gasteiger partial charge in [-0.3, -0.25) is 14.5 Å². The molecule has 1 atom stereocenters. The van der Waals surface area contributed by atoms with Crippen LogP contribution in [0, 0.1) is 12.8 Å². The standard InChI is InChI=1S/C26H37NO2.C4H4O4/c1-18(2)26(28)29-25-14-13-21(7)17-24(25)23(22-11-9-8-10-12-22)15-16-27(19(3)4)20(5)6;5-3-8-2-1-4(6)7/h8-14,17-20,23H,15-16H2,1-7H3;1-3H,(H,6,7)/b;2-1+/t23-;/m1./s1. The van der Waals surface area contributed by atoms with E-state index in [2.05, 4.69) is 74.6 Å². The van der Waals surface area contributed by atoms with Gasteiger partial charge in [0.05, 0.1) is 12.0 Å². The summed E-state index contributed by atoms with van der Waals surface area (Å²) in [4.78, 5) is 33.8. The van der Waals surface area contributed by atoms with Gasteiger partial charge in [-0.1, -0.05) is 61.9 Å². The fourth-order valence-corrected chi connectivity index (χ4v) is 3.97. The summed E-state index contributed by atoms with van der Waals surface area (Å²) in [5.74, 6) is -0.633. The van der Waals surface area contributed by atoms with E-state index in [1.807, 2.05) is 32.0 Å². The molecule has 0 radical (unpaired) electrons. The fourth-order valence-electron chi connectivity index (χ4n) is 3.97. The highest BCUT2D eigenvalue weighted by Gasteiger charge is 2.23. The summed E-state index contributed by atoms with van der Waals surface area (Å²) < 4.78 is 9.72. The number of rotatable bonds is 12. The van der Waals surface area contributed by atoms with Gasteiger partial charge in [0.1, 0.15) is 12.0 Å². The quantitative estimate of drug-likeness (QED) is 0.124. The van der Waals surface area contributed by atoms with Gasteiger partial charge in [-0.25, -0.2) is 4.79 Å². The molecule has 0 heterocycles. The van der Waals surface area contributed by atoms with Crippen molar-refractivity contribution in [3.8, 4) is 5.75 Å². The molecule has 0 aliphatic heterocycles. The second kappa shape index (κ2) is 16.3. The molecule has 37 heavy (non-hydrogen) atoms. The molecule has 0 amide bonds. The number of esters is 1. The molecule has 7 heteroatoms. The summed E-state index contributed by atoms with van der Waals surface area (Å²) in [7, 11) is 0. The maximum absolute atomic E-state index is 12.3. The zero-order valence-corrected chi connectivity index (χ0v) is 23.0. The van der Waals surface area contributed by atoms with Crippen LogP contribution in [-0.2, 0) is 19.1 Å². The first-order chi connectivity index (χ1) is 17.5. The van der Waals surface area contributed by atoms with Crippen molar-refractivity contribution in [3.63, 3.8) is 0 Å². The minimum Gasteiger partial charge on any atom is -0.478 e. The molecule has 7 nitrogen and oxygen atoms in total. The number of carbonyl (C=O) groups excluding carboxylic acids is 2. The van der Waals surface area contributed by atoms with Crippen LogP contribution < -0.4 is 4.74 Å². The van der Waals surface area contributed by atoms with Crippen LogP contribution in [0.25, 0.3) is 0 Å². The Balaban J connectivity index is 0.000000738. The number of carboxylic acids is 1. The van der Waals surface area contributed by atoms with Gasteiger partial charge in [0.15, 0.2) is 0 Å². The molecule has 202 valence electrons. The van der Waals surface area contributed by atoms with E-state index in [0.717, 1.165) is 24.8 Å². The number of ether oxygens (including phenoxy) is 2. The Hall–Kier alpha value is -3.45. The second-order valence-electron chi connectivity index (χ2n) is 9.67. The van der Waals surface area contributed by atoms with Gasteiger partial charge in [-0.05, 0) is 59.2 Å². The zero-order valence-electron chi connectivity index (χ0n) is 23.0. The maximum atomic E-state index is 12.3. The van der Waals surface area contributed by atoms with E-state index in [4.69, 9.17) is 9.84 Å². The zero-order chi connectivity index (χ0) is 28.0. The molecule has 0 saturated heterocycles. The Bertz CT molecular complexity index is 1010. The normalized spacial score (nSPS) is 12.0. The number of benzene rings is 2. The molecular weight excluding hydrogens is 470 g/mol. The molecule has 0 aromatic heterocycles. The third-order valence-electron chi connectivity index (χ3n) is 5.77. The van der Waals surface area contributed by atoms with Gasteiger partial charge in [0.25, 0.3) is 6.47 Å². The third kappa shape index (κ3) is 11.4. The average molecular weight is 512 g/mol. The SMILES string of the molecule is Cc1ccc(OC(=O)C(C)C)c([C@H](CCN(C(C)C)C(C)C)c2ccccc2)c1.O=CO/C=C/C(=O)O. The van der Waals surface area contributed by atoms with Crippen LogP contribution in [0.2, 0.25) is 0 Å². The number of hydrogen-bond donors (Lipinski definition) is 1. The maximum Gasteiger partial charge on any atom is 0.331 e. The Morgan fingerprint density at radius 3 is 2.11 bits per heavy atom. The van der Waals surface area contributed by atoms with Crippen LogP contribution in [0.1, 0.15) is 70.6 Å². The highest BCUT2D eigenvalue weighted by atomic mass is 16.5. The van der Waals surface area contributed by atoms with Crippen LogP contribution >= 0.6 is 0 Å². The van der Waals surface area contributed by atoms with Crippen molar-refractivity contribution in [2.45, 2.75) is 72.9 Å². The van der Waals surface area contributed by atoms with Crippen molar-refractivity contribution in [3.05, 3.63) is 77.6 Å². The predicted octanol–water partition coefficient (Wildman–Crippen LogP) is 5.95. The predicted molar refractivity (Wildman–Crippen MR) is 145 cm³/mol. The largest absolute Gasteiger partial charge is 0.478 e. The number of carboxylic acid groups (broad SMARTS) is 1. The molecule has 0 fully saturated rings. The molecular formula is C30H41NO6. The molecule has 0 spiro atoms. The minimum atomic E-state index is -1.15. The van der Waals surface area contributed by atoms with Gasteiger partial charge < -0.3 is 14.6 Å². The van der Waals surface area contributed by atoms with E-state index in [1.165, 1.54) is 11.1 Å². The Morgan fingerprint density at radius 1 is 0.973 bits per heavy atom.